The zero-order chi connectivity index (χ0) is 18.4. The van der Waals surface area contributed by atoms with E-state index in [0.29, 0.717) is 11.0 Å². The van der Waals surface area contributed by atoms with Gasteiger partial charge < -0.3 is 15.0 Å². The fraction of sp³-hybridized carbons (Fsp3) is 0.190. The number of carbonyl (C=O) groups is 1. The molecule has 1 aliphatic rings. The fourth-order valence-corrected chi connectivity index (χ4v) is 3.72. The average Bonchev–Trinajstić information content (AvgIpc) is 3.37. The molecule has 0 bridgehead atoms. The molecule has 0 aliphatic carbocycles. The van der Waals surface area contributed by atoms with E-state index in [1.165, 1.54) is 0 Å². The third-order valence-electron chi connectivity index (χ3n) is 5.13. The highest BCUT2D eigenvalue weighted by molar-refractivity contribution is 5.94. The zero-order valence-electron chi connectivity index (χ0n) is 14.6. The molecule has 27 heavy (non-hydrogen) atoms. The van der Waals surface area contributed by atoms with E-state index in [2.05, 4.69) is 28.1 Å². The minimum atomic E-state index is -0.955. The number of benzene rings is 2. The van der Waals surface area contributed by atoms with Crippen LogP contribution in [-0.2, 0) is 0 Å². The summed E-state index contributed by atoms with van der Waals surface area (Å²) < 4.78 is 0. The van der Waals surface area contributed by atoms with Gasteiger partial charge >= 0.3 is 5.97 Å². The summed E-state index contributed by atoms with van der Waals surface area (Å²) in [5, 5.41) is 10.4. The molecule has 5 rings (SSSR count). The van der Waals surface area contributed by atoms with Crippen molar-refractivity contribution in [2.24, 2.45) is 0 Å². The highest BCUT2D eigenvalue weighted by Crippen LogP contribution is 2.33. The number of hydrogen-bond acceptors (Lipinski definition) is 4. The Morgan fingerprint density at radius 1 is 1.00 bits per heavy atom. The molecule has 4 aromatic rings. The van der Waals surface area contributed by atoms with E-state index in [1.54, 1.807) is 18.2 Å². The number of carboxylic acids is 1. The Bertz CT molecular complexity index is 1180. The predicted octanol–water partition coefficient (Wildman–Crippen LogP) is 4.08. The van der Waals surface area contributed by atoms with Crippen molar-refractivity contribution in [1.29, 1.82) is 0 Å². The lowest BCUT2D eigenvalue weighted by atomic mass is 10.1. The van der Waals surface area contributed by atoms with Crippen molar-refractivity contribution in [1.82, 2.24) is 15.0 Å². The standard InChI is InChI=1S/C21H18N4O2/c26-21(27)15-4-6-17-18(12-15)24-20(25-9-1-2-10-25)19(23-17)14-3-5-16-13(11-14)7-8-22-16/h3-8,11-12,22H,1-2,9-10H2,(H,26,27). The number of nitrogens with one attached hydrogen (secondary N) is 1. The number of anilines is 1. The van der Waals surface area contributed by atoms with Crippen LogP contribution in [0.25, 0.3) is 33.2 Å². The minimum absolute atomic E-state index is 0.227. The van der Waals surface area contributed by atoms with Crippen molar-refractivity contribution in [3.63, 3.8) is 0 Å². The molecule has 134 valence electrons. The molecule has 0 radical (unpaired) electrons. The summed E-state index contributed by atoms with van der Waals surface area (Å²) >= 11 is 0. The molecule has 0 amide bonds. The number of nitrogens with zero attached hydrogens (tertiary/aromatic N) is 3. The molecule has 0 atom stereocenters. The van der Waals surface area contributed by atoms with Crippen LogP contribution in [0.5, 0.6) is 0 Å². The Morgan fingerprint density at radius 2 is 1.85 bits per heavy atom. The van der Waals surface area contributed by atoms with Gasteiger partial charge in [-0.3, -0.25) is 0 Å². The Hall–Kier alpha value is -3.41. The maximum atomic E-state index is 11.3. The zero-order valence-corrected chi connectivity index (χ0v) is 14.6. The molecule has 1 aliphatic heterocycles. The maximum absolute atomic E-state index is 11.3. The lowest BCUT2D eigenvalue weighted by Gasteiger charge is -2.20. The van der Waals surface area contributed by atoms with Crippen molar-refractivity contribution in [3.05, 3.63) is 54.2 Å². The minimum Gasteiger partial charge on any atom is -0.478 e. The van der Waals surface area contributed by atoms with Gasteiger partial charge in [-0.05, 0) is 49.2 Å². The van der Waals surface area contributed by atoms with E-state index >= 15 is 0 Å². The first-order valence-electron chi connectivity index (χ1n) is 9.06. The number of H-pyrrole nitrogens is 1. The van der Waals surface area contributed by atoms with Crippen LogP contribution >= 0.6 is 0 Å². The van der Waals surface area contributed by atoms with E-state index in [9.17, 15) is 9.90 Å². The summed E-state index contributed by atoms with van der Waals surface area (Å²) in [6, 6.07) is 13.2. The Balaban J connectivity index is 1.74. The third kappa shape index (κ3) is 2.70. The number of hydrogen-bond donors (Lipinski definition) is 2. The number of aromatic amines is 1. The van der Waals surface area contributed by atoms with Crippen LogP contribution in [0.4, 0.5) is 5.82 Å². The highest BCUT2D eigenvalue weighted by atomic mass is 16.4. The summed E-state index contributed by atoms with van der Waals surface area (Å²) in [7, 11) is 0. The van der Waals surface area contributed by atoms with Crippen LogP contribution in [0.2, 0.25) is 0 Å². The molecule has 6 nitrogen and oxygen atoms in total. The van der Waals surface area contributed by atoms with Crippen LogP contribution in [0.15, 0.2) is 48.7 Å². The first-order valence-corrected chi connectivity index (χ1v) is 9.06. The topological polar surface area (TPSA) is 82.1 Å². The van der Waals surface area contributed by atoms with E-state index in [1.807, 2.05) is 12.3 Å². The molecule has 2 aromatic heterocycles. The predicted molar refractivity (Wildman–Crippen MR) is 105 cm³/mol. The summed E-state index contributed by atoms with van der Waals surface area (Å²) in [5.41, 5.74) is 4.48. The molecule has 0 unspecified atom stereocenters. The molecule has 2 N–H and O–H groups in total. The highest BCUT2D eigenvalue weighted by Gasteiger charge is 2.21. The Morgan fingerprint density at radius 3 is 2.67 bits per heavy atom. The number of aromatic nitrogens is 3. The molecular weight excluding hydrogens is 340 g/mol. The average molecular weight is 358 g/mol. The SMILES string of the molecule is O=C(O)c1ccc2nc(-c3ccc4[nH]ccc4c3)c(N3CCCC3)nc2c1. The molecule has 1 fully saturated rings. The number of rotatable bonds is 3. The van der Waals surface area contributed by atoms with Gasteiger partial charge in [-0.2, -0.15) is 0 Å². The monoisotopic (exact) mass is 358 g/mol. The lowest BCUT2D eigenvalue weighted by molar-refractivity contribution is 0.0697. The number of fused-ring (bicyclic) bond motifs is 2. The largest absolute Gasteiger partial charge is 0.478 e. The van der Waals surface area contributed by atoms with Gasteiger partial charge in [0.05, 0.1) is 16.6 Å². The van der Waals surface area contributed by atoms with E-state index < -0.39 is 5.97 Å². The second-order valence-corrected chi connectivity index (χ2v) is 6.88. The summed E-state index contributed by atoms with van der Waals surface area (Å²) in [6.07, 6.45) is 4.19. The van der Waals surface area contributed by atoms with Crippen molar-refractivity contribution >= 4 is 33.7 Å². The van der Waals surface area contributed by atoms with Crippen molar-refractivity contribution in [2.45, 2.75) is 12.8 Å². The van der Waals surface area contributed by atoms with Crippen LogP contribution in [0.3, 0.4) is 0 Å². The maximum Gasteiger partial charge on any atom is 0.335 e. The van der Waals surface area contributed by atoms with Gasteiger partial charge in [-0.1, -0.05) is 6.07 Å². The fourth-order valence-electron chi connectivity index (χ4n) is 3.72. The van der Waals surface area contributed by atoms with Gasteiger partial charge in [0, 0.05) is 35.8 Å². The van der Waals surface area contributed by atoms with Gasteiger partial charge in [0.15, 0.2) is 5.82 Å². The Kier molecular flexibility index (Phi) is 3.57. The van der Waals surface area contributed by atoms with Gasteiger partial charge in [-0.15, -0.1) is 0 Å². The van der Waals surface area contributed by atoms with Crippen LogP contribution < -0.4 is 4.90 Å². The smallest absolute Gasteiger partial charge is 0.335 e. The number of aromatic carboxylic acids is 1. The number of carboxylic acid groups (broad SMARTS) is 1. The van der Waals surface area contributed by atoms with Gasteiger partial charge in [-0.25, -0.2) is 14.8 Å². The van der Waals surface area contributed by atoms with Crippen LogP contribution in [0, 0.1) is 0 Å². The molecule has 2 aromatic carbocycles. The van der Waals surface area contributed by atoms with Crippen molar-refractivity contribution in [2.75, 3.05) is 18.0 Å². The molecule has 3 heterocycles. The third-order valence-corrected chi connectivity index (χ3v) is 5.13. The van der Waals surface area contributed by atoms with Gasteiger partial charge in [0.25, 0.3) is 0 Å². The Labute approximate surface area is 155 Å². The van der Waals surface area contributed by atoms with Crippen molar-refractivity contribution in [3.8, 4) is 11.3 Å². The normalized spacial score (nSPS) is 14.3. The molecule has 1 saturated heterocycles. The molecular formula is C21H18N4O2. The second-order valence-electron chi connectivity index (χ2n) is 6.88. The lowest BCUT2D eigenvalue weighted by Crippen LogP contribution is -2.20. The van der Waals surface area contributed by atoms with E-state index in [0.717, 1.165) is 53.9 Å². The second kappa shape index (κ2) is 6.09. The van der Waals surface area contributed by atoms with Gasteiger partial charge in [0.1, 0.15) is 5.69 Å². The molecule has 0 saturated carbocycles. The summed E-state index contributed by atoms with van der Waals surface area (Å²) in [5.74, 6) is -0.124. The van der Waals surface area contributed by atoms with E-state index in [-0.39, 0.29) is 5.56 Å². The molecule has 6 heteroatoms. The summed E-state index contributed by atoms with van der Waals surface area (Å²) in [6.45, 7) is 1.89. The van der Waals surface area contributed by atoms with Crippen molar-refractivity contribution < 1.29 is 9.90 Å². The first-order chi connectivity index (χ1) is 13.2. The quantitative estimate of drug-likeness (QED) is 0.577. The van der Waals surface area contributed by atoms with Gasteiger partial charge in [0.2, 0.25) is 0 Å². The first kappa shape index (κ1) is 15.8. The van der Waals surface area contributed by atoms with Crippen LogP contribution in [-0.4, -0.2) is 39.1 Å². The molecule has 0 spiro atoms. The van der Waals surface area contributed by atoms with E-state index in [4.69, 9.17) is 9.97 Å². The summed E-state index contributed by atoms with van der Waals surface area (Å²) in [4.78, 5) is 26.5. The van der Waals surface area contributed by atoms with Crippen LogP contribution in [0.1, 0.15) is 23.2 Å².